The fourth-order valence-corrected chi connectivity index (χ4v) is 4.02. The quantitative estimate of drug-likeness (QED) is 0.0700. The van der Waals surface area contributed by atoms with E-state index in [1.54, 1.807) is 0 Å². The zero-order chi connectivity index (χ0) is 27.5. The van der Waals surface area contributed by atoms with Crippen LogP contribution < -0.4 is 0 Å². The molecule has 0 saturated heterocycles. The number of rotatable bonds is 26. The molecule has 0 amide bonds. The Balaban J connectivity index is 0. The molecule has 0 unspecified atom stereocenters. The van der Waals surface area contributed by atoms with Crippen LogP contribution in [0, 0.1) is 0 Å². The fourth-order valence-electron chi connectivity index (χ4n) is 4.02. The van der Waals surface area contributed by atoms with Gasteiger partial charge in [-0.2, -0.15) is 0 Å². The van der Waals surface area contributed by atoms with Gasteiger partial charge in [-0.25, -0.2) is 0 Å². The Hall–Kier alpha value is -1.35. The Labute approximate surface area is 232 Å². The van der Waals surface area contributed by atoms with Crippen molar-refractivity contribution in [2.45, 2.75) is 162 Å². The Bertz CT molecular complexity index is 507. The van der Waals surface area contributed by atoms with E-state index in [1.165, 1.54) is 135 Å². The molecule has 1 N–H and O–H groups in total. The lowest BCUT2D eigenvalue weighted by atomic mass is 10.1. The molecule has 0 aromatic rings. The van der Waals surface area contributed by atoms with E-state index in [2.05, 4.69) is 44.2 Å². The van der Waals surface area contributed by atoms with Crippen molar-refractivity contribution in [3.05, 3.63) is 36.5 Å². The molecule has 3 heteroatoms. The molecule has 0 aliphatic carbocycles. The highest BCUT2D eigenvalue weighted by Gasteiger charge is 1.94. The van der Waals surface area contributed by atoms with Gasteiger partial charge in [-0.3, -0.25) is 4.79 Å². The van der Waals surface area contributed by atoms with Gasteiger partial charge in [0.1, 0.15) is 0 Å². The van der Waals surface area contributed by atoms with Gasteiger partial charge in [0, 0.05) is 6.92 Å². The summed E-state index contributed by atoms with van der Waals surface area (Å²) in [4.78, 5) is 10.5. The number of hydrogen-bond acceptors (Lipinski definition) is 3. The van der Waals surface area contributed by atoms with E-state index in [4.69, 9.17) is 9.84 Å². The van der Waals surface area contributed by atoms with Gasteiger partial charge in [0.05, 0.1) is 13.2 Å². The van der Waals surface area contributed by atoms with Gasteiger partial charge in [-0.05, 0) is 57.8 Å². The monoisotopic (exact) mass is 520 g/mol. The van der Waals surface area contributed by atoms with E-state index >= 15 is 0 Å². The van der Waals surface area contributed by atoms with Crippen LogP contribution in [0.4, 0.5) is 0 Å². The number of carbonyl (C=O) groups is 1. The molecule has 218 valence electrons. The molecule has 0 fully saturated rings. The third-order valence-electron chi connectivity index (χ3n) is 6.35. The van der Waals surface area contributed by atoms with Crippen molar-refractivity contribution in [1.82, 2.24) is 0 Å². The molecule has 0 bridgehead atoms. The average molecular weight is 521 g/mol. The Morgan fingerprint density at radius 2 is 0.892 bits per heavy atom. The van der Waals surface area contributed by atoms with E-state index in [0.29, 0.717) is 6.61 Å². The van der Waals surface area contributed by atoms with Gasteiger partial charge in [-0.1, -0.05) is 134 Å². The SMILES string of the molecule is CCC/C=C\CCCCCCCCCOC(C)=O.CCCC/C=C\CCCCCCCCC/C=C\CO. The van der Waals surface area contributed by atoms with Crippen molar-refractivity contribution in [3.8, 4) is 0 Å². The summed E-state index contributed by atoms with van der Waals surface area (Å²) >= 11 is 0. The van der Waals surface area contributed by atoms with E-state index in [1.807, 2.05) is 6.08 Å². The van der Waals surface area contributed by atoms with Crippen molar-refractivity contribution in [1.29, 1.82) is 0 Å². The van der Waals surface area contributed by atoms with Gasteiger partial charge in [0.25, 0.3) is 0 Å². The standard InChI is InChI=1S/C18H34O.C16H30O2/c1-2-3-4-5-6-7-8-9-10-11-12-13-14-15-16-17-18-19;1-3-4-5-6-7-8-9-10-11-12-13-14-15-18-16(2)17/h5-6,16-17,19H,2-4,7-15,18H2,1H3;5-6H,3-4,7-15H2,1-2H3/b6-5-,17-16-;6-5-. The first-order chi connectivity index (χ1) is 18.2. The highest BCUT2D eigenvalue weighted by molar-refractivity contribution is 5.65. The minimum atomic E-state index is -0.161. The van der Waals surface area contributed by atoms with Gasteiger partial charge in [0.2, 0.25) is 0 Å². The predicted molar refractivity (Wildman–Crippen MR) is 164 cm³/mol. The summed E-state index contributed by atoms with van der Waals surface area (Å²) in [6.07, 6.45) is 41.6. The van der Waals surface area contributed by atoms with Crippen molar-refractivity contribution in [2.75, 3.05) is 13.2 Å². The first kappa shape index (κ1) is 37.8. The molecule has 0 radical (unpaired) electrons. The van der Waals surface area contributed by atoms with E-state index < -0.39 is 0 Å². The minimum Gasteiger partial charge on any atom is -0.466 e. The van der Waals surface area contributed by atoms with Crippen molar-refractivity contribution in [3.63, 3.8) is 0 Å². The fraction of sp³-hybridized carbons (Fsp3) is 0.794. The Morgan fingerprint density at radius 1 is 0.514 bits per heavy atom. The average Bonchev–Trinajstić information content (AvgIpc) is 2.89. The lowest BCUT2D eigenvalue weighted by molar-refractivity contribution is -0.141. The Kier molecular flexibility index (Phi) is 37.6. The van der Waals surface area contributed by atoms with Gasteiger partial charge >= 0.3 is 5.97 Å². The smallest absolute Gasteiger partial charge is 0.302 e. The van der Waals surface area contributed by atoms with Gasteiger partial charge in [-0.15, -0.1) is 0 Å². The van der Waals surface area contributed by atoms with Crippen LogP contribution in [0.5, 0.6) is 0 Å². The third kappa shape index (κ3) is 42.0. The lowest BCUT2D eigenvalue weighted by Gasteiger charge is -2.02. The summed E-state index contributed by atoms with van der Waals surface area (Å²) in [5, 5.41) is 8.58. The minimum absolute atomic E-state index is 0.161. The number of ether oxygens (including phenoxy) is 1. The number of aliphatic hydroxyl groups excluding tert-OH is 1. The van der Waals surface area contributed by atoms with Crippen LogP contribution in [-0.2, 0) is 9.53 Å². The second kappa shape index (κ2) is 36.8. The largest absolute Gasteiger partial charge is 0.466 e. The number of carbonyl (C=O) groups excluding carboxylic acids is 1. The number of allylic oxidation sites excluding steroid dienone is 5. The Morgan fingerprint density at radius 3 is 1.30 bits per heavy atom. The van der Waals surface area contributed by atoms with Gasteiger partial charge in [0.15, 0.2) is 0 Å². The third-order valence-corrected chi connectivity index (χ3v) is 6.35. The highest BCUT2D eigenvalue weighted by Crippen LogP contribution is 2.11. The number of hydrogen-bond donors (Lipinski definition) is 1. The summed E-state index contributed by atoms with van der Waals surface area (Å²) < 4.78 is 4.89. The zero-order valence-corrected chi connectivity index (χ0v) is 25.2. The first-order valence-electron chi connectivity index (χ1n) is 15.9. The molecule has 0 aromatic carbocycles. The van der Waals surface area contributed by atoms with E-state index in [0.717, 1.165) is 12.8 Å². The molecule has 0 aromatic heterocycles. The molecule has 0 atom stereocenters. The summed E-state index contributed by atoms with van der Waals surface area (Å²) in [6.45, 7) is 6.71. The number of unbranched alkanes of at least 4 members (excludes halogenated alkanes) is 18. The normalized spacial score (nSPS) is 11.5. The maximum absolute atomic E-state index is 10.5. The van der Waals surface area contributed by atoms with Crippen molar-refractivity contribution < 1.29 is 14.6 Å². The predicted octanol–water partition coefficient (Wildman–Crippen LogP) is 10.8. The van der Waals surface area contributed by atoms with Crippen LogP contribution in [-0.4, -0.2) is 24.3 Å². The van der Waals surface area contributed by atoms with Crippen molar-refractivity contribution in [2.24, 2.45) is 0 Å². The maximum atomic E-state index is 10.5. The van der Waals surface area contributed by atoms with Crippen molar-refractivity contribution >= 4 is 5.97 Å². The van der Waals surface area contributed by atoms with Gasteiger partial charge < -0.3 is 9.84 Å². The number of esters is 1. The maximum Gasteiger partial charge on any atom is 0.302 e. The second-order valence-electron chi connectivity index (χ2n) is 10.2. The van der Waals surface area contributed by atoms with Crippen LogP contribution >= 0.6 is 0 Å². The van der Waals surface area contributed by atoms with Crippen LogP contribution in [0.2, 0.25) is 0 Å². The van der Waals surface area contributed by atoms with E-state index in [9.17, 15) is 4.79 Å². The molecular formula is C34H64O3. The van der Waals surface area contributed by atoms with Crippen LogP contribution in [0.25, 0.3) is 0 Å². The second-order valence-corrected chi connectivity index (χ2v) is 10.2. The summed E-state index contributed by atoms with van der Waals surface area (Å²) in [5.74, 6) is -0.161. The molecule has 0 heterocycles. The molecule has 0 aliphatic heterocycles. The van der Waals surface area contributed by atoms with Crippen LogP contribution in [0.15, 0.2) is 36.5 Å². The summed E-state index contributed by atoms with van der Waals surface area (Å²) in [6, 6.07) is 0. The highest BCUT2D eigenvalue weighted by atomic mass is 16.5. The lowest BCUT2D eigenvalue weighted by Crippen LogP contribution is -1.99. The molecule has 37 heavy (non-hydrogen) atoms. The first-order valence-corrected chi connectivity index (χ1v) is 15.9. The summed E-state index contributed by atoms with van der Waals surface area (Å²) in [7, 11) is 0. The molecule has 3 nitrogen and oxygen atoms in total. The summed E-state index contributed by atoms with van der Waals surface area (Å²) in [5.41, 5.74) is 0. The zero-order valence-electron chi connectivity index (χ0n) is 25.2. The van der Waals surface area contributed by atoms with Crippen LogP contribution in [0.1, 0.15) is 162 Å². The molecular weight excluding hydrogens is 456 g/mol. The topological polar surface area (TPSA) is 46.5 Å². The molecule has 0 rings (SSSR count). The molecule has 0 aliphatic rings. The molecule has 0 spiro atoms. The van der Waals surface area contributed by atoms with E-state index in [-0.39, 0.29) is 12.6 Å². The van der Waals surface area contributed by atoms with Crippen LogP contribution in [0.3, 0.4) is 0 Å². The number of aliphatic hydroxyl groups is 1. The molecule has 0 saturated carbocycles.